The Bertz CT molecular complexity index is 1440. The molecule has 0 radical (unpaired) electrons. The maximum Gasteiger partial charge on any atom is 0.324 e. The quantitative estimate of drug-likeness (QED) is 0.254. The van der Waals surface area contributed by atoms with Crippen molar-refractivity contribution < 1.29 is 14.7 Å². The zero-order chi connectivity index (χ0) is 27.9. The molecular formula is C31H36N4O3. The minimum atomic E-state index is -0.833. The third-order valence-corrected chi connectivity index (χ3v) is 5.74. The summed E-state index contributed by atoms with van der Waals surface area (Å²) in [6.45, 7) is 11.6. The van der Waals surface area contributed by atoms with E-state index in [4.69, 9.17) is 15.0 Å². The van der Waals surface area contributed by atoms with E-state index in [1.54, 1.807) is 4.68 Å². The van der Waals surface area contributed by atoms with Crippen LogP contribution >= 0.6 is 0 Å². The molecule has 198 valence electrons. The number of rotatable bonds is 5. The molecule has 0 aliphatic carbocycles. The summed E-state index contributed by atoms with van der Waals surface area (Å²) in [4.78, 5) is 22.1. The SMILES string of the molecule is CC(=O)O.CC/C=C/c1ccc(NC(=O)Nc2cc(C(C)(C)C)nn2-c2ccc(C)cc2)c2ccccc12. The van der Waals surface area contributed by atoms with Gasteiger partial charge in [0.15, 0.2) is 0 Å². The van der Waals surface area contributed by atoms with Crippen LogP contribution in [0.1, 0.15) is 57.9 Å². The van der Waals surface area contributed by atoms with Crippen LogP contribution in [-0.4, -0.2) is 26.9 Å². The van der Waals surface area contributed by atoms with Gasteiger partial charge in [0.2, 0.25) is 0 Å². The smallest absolute Gasteiger partial charge is 0.324 e. The molecule has 0 bridgehead atoms. The third kappa shape index (κ3) is 7.32. The van der Waals surface area contributed by atoms with Gasteiger partial charge in [-0.25, -0.2) is 9.48 Å². The van der Waals surface area contributed by atoms with E-state index in [-0.39, 0.29) is 11.4 Å². The maximum absolute atomic E-state index is 13.1. The van der Waals surface area contributed by atoms with Crippen molar-refractivity contribution >= 4 is 40.4 Å². The third-order valence-electron chi connectivity index (χ3n) is 5.74. The highest BCUT2D eigenvalue weighted by Crippen LogP contribution is 2.29. The Labute approximate surface area is 224 Å². The van der Waals surface area contributed by atoms with Gasteiger partial charge in [0.05, 0.1) is 17.1 Å². The highest BCUT2D eigenvalue weighted by Gasteiger charge is 2.21. The maximum atomic E-state index is 13.1. The summed E-state index contributed by atoms with van der Waals surface area (Å²) in [7, 11) is 0. The summed E-state index contributed by atoms with van der Waals surface area (Å²) in [6, 6.07) is 21.8. The number of hydrogen-bond acceptors (Lipinski definition) is 3. The molecule has 0 atom stereocenters. The van der Waals surface area contributed by atoms with E-state index in [1.807, 2.05) is 67.6 Å². The minimum Gasteiger partial charge on any atom is -0.481 e. The molecule has 0 aliphatic rings. The summed E-state index contributed by atoms with van der Waals surface area (Å²) in [6.07, 6.45) is 5.24. The van der Waals surface area contributed by atoms with Crippen LogP contribution in [0.25, 0.3) is 22.5 Å². The van der Waals surface area contributed by atoms with Gasteiger partial charge in [-0.2, -0.15) is 5.10 Å². The molecule has 2 amide bonds. The highest BCUT2D eigenvalue weighted by molar-refractivity contribution is 6.07. The molecule has 7 nitrogen and oxygen atoms in total. The lowest BCUT2D eigenvalue weighted by molar-refractivity contribution is -0.134. The Hall–Kier alpha value is -4.39. The van der Waals surface area contributed by atoms with Crippen molar-refractivity contribution in [2.24, 2.45) is 0 Å². The van der Waals surface area contributed by atoms with Gasteiger partial charge in [0.25, 0.3) is 5.97 Å². The lowest BCUT2D eigenvalue weighted by Crippen LogP contribution is -2.21. The Balaban J connectivity index is 0.000000934. The Morgan fingerprint density at radius 3 is 2.21 bits per heavy atom. The van der Waals surface area contributed by atoms with Crippen LogP contribution < -0.4 is 10.6 Å². The van der Waals surface area contributed by atoms with E-state index >= 15 is 0 Å². The highest BCUT2D eigenvalue weighted by atomic mass is 16.4. The average molecular weight is 513 g/mol. The lowest BCUT2D eigenvalue weighted by atomic mass is 9.92. The fourth-order valence-electron chi connectivity index (χ4n) is 3.81. The van der Waals surface area contributed by atoms with Crippen molar-refractivity contribution in [3.8, 4) is 5.69 Å². The van der Waals surface area contributed by atoms with Gasteiger partial charge in [0, 0.05) is 23.8 Å². The summed E-state index contributed by atoms with van der Waals surface area (Å²) >= 11 is 0. The number of hydrogen-bond donors (Lipinski definition) is 3. The van der Waals surface area contributed by atoms with E-state index in [0.717, 1.165) is 46.7 Å². The number of carbonyl (C=O) groups excluding carboxylic acids is 1. The molecule has 3 N–H and O–H groups in total. The zero-order valence-electron chi connectivity index (χ0n) is 22.9. The topological polar surface area (TPSA) is 96.2 Å². The minimum absolute atomic E-state index is 0.152. The second-order valence-electron chi connectivity index (χ2n) is 10.1. The number of anilines is 2. The number of carboxylic acid groups (broad SMARTS) is 1. The number of aliphatic carboxylic acids is 1. The van der Waals surface area contributed by atoms with Crippen LogP contribution in [0.3, 0.4) is 0 Å². The zero-order valence-corrected chi connectivity index (χ0v) is 22.9. The number of amides is 2. The van der Waals surface area contributed by atoms with Gasteiger partial charge in [-0.3, -0.25) is 10.1 Å². The molecule has 1 heterocycles. The van der Waals surface area contributed by atoms with Crippen LogP contribution in [0.4, 0.5) is 16.3 Å². The van der Waals surface area contributed by atoms with Crippen molar-refractivity contribution in [3.05, 3.63) is 89.6 Å². The second-order valence-corrected chi connectivity index (χ2v) is 10.1. The van der Waals surface area contributed by atoms with E-state index in [2.05, 4.69) is 56.5 Å². The number of allylic oxidation sites excluding steroid dienone is 1. The Morgan fingerprint density at radius 1 is 0.974 bits per heavy atom. The Kier molecular flexibility index (Phi) is 9.07. The van der Waals surface area contributed by atoms with Crippen LogP contribution in [0.2, 0.25) is 0 Å². The first-order chi connectivity index (χ1) is 18.0. The number of aromatic nitrogens is 2. The van der Waals surface area contributed by atoms with Crippen molar-refractivity contribution in [2.45, 2.75) is 53.4 Å². The molecule has 38 heavy (non-hydrogen) atoms. The fourth-order valence-corrected chi connectivity index (χ4v) is 3.81. The molecule has 4 rings (SSSR count). The van der Waals surface area contributed by atoms with Crippen molar-refractivity contribution in [1.29, 1.82) is 0 Å². The number of aryl methyl sites for hydroxylation is 1. The fraction of sp³-hybridized carbons (Fsp3) is 0.258. The predicted octanol–water partition coefficient (Wildman–Crippen LogP) is 7.79. The summed E-state index contributed by atoms with van der Waals surface area (Å²) in [5, 5.41) is 20.4. The van der Waals surface area contributed by atoms with Crippen LogP contribution in [0, 0.1) is 6.92 Å². The molecule has 7 heteroatoms. The van der Waals surface area contributed by atoms with Crippen LogP contribution in [0.15, 0.2) is 72.8 Å². The molecule has 0 unspecified atom stereocenters. The average Bonchev–Trinajstić information content (AvgIpc) is 3.28. The second kappa shape index (κ2) is 12.2. The molecule has 0 spiro atoms. The van der Waals surface area contributed by atoms with Gasteiger partial charge in [-0.05, 0) is 42.5 Å². The molecule has 0 saturated carbocycles. The number of fused-ring (bicyclic) bond motifs is 1. The van der Waals surface area contributed by atoms with E-state index in [1.165, 1.54) is 5.56 Å². The number of carboxylic acids is 1. The van der Waals surface area contributed by atoms with E-state index < -0.39 is 5.97 Å². The molecular weight excluding hydrogens is 476 g/mol. The molecule has 0 fully saturated rings. The van der Waals surface area contributed by atoms with Crippen molar-refractivity contribution in [1.82, 2.24) is 9.78 Å². The van der Waals surface area contributed by atoms with Crippen LogP contribution in [-0.2, 0) is 10.2 Å². The first-order valence-corrected chi connectivity index (χ1v) is 12.6. The summed E-state index contributed by atoms with van der Waals surface area (Å²) in [5.74, 6) is -0.210. The molecule has 3 aromatic carbocycles. The lowest BCUT2D eigenvalue weighted by Gasteiger charge is -2.14. The number of nitrogens with one attached hydrogen (secondary N) is 2. The predicted molar refractivity (Wildman–Crippen MR) is 156 cm³/mol. The standard InChI is InChI=1S/C29H32N4O.C2H4O2/c1-6-7-10-21-15-18-25(24-12-9-8-11-23(21)24)30-28(34)31-27-19-26(29(3,4)5)32-33(27)22-16-13-20(2)14-17-22;1-2(3)4/h7-19H,6H2,1-5H3,(H2,30,31,34);1H3,(H,3,4)/b10-7+;. The molecule has 1 aromatic heterocycles. The van der Waals surface area contributed by atoms with Gasteiger partial charge >= 0.3 is 6.03 Å². The van der Waals surface area contributed by atoms with E-state index in [0.29, 0.717) is 5.82 Å². The normalized spacial score (nSPS) is 11.2. The number of carbonyl (C=O) groups is 2. The number of benzene rings is 3. The summed E-state index contributed by atoms with van der Waals surface area (Å²) < 4.78 is 1.79. The Morgan fingerprint density at radius 2 is 1.61 bits per heavy atom. The van der Waals surface area contributed by atoms with E-state index in [9.17, 15) is 4.79 Å². The summed E-state index contributed by atoms with van der Waals surface area (Å²) in [5.41, 5.74) is 4.72. The number of urea groups is 1. The van der Waals surface area contributed by atoms with Gasteiger partial charge < -0.3 is 10.4 Å². The monoisotopic (exact) mass is 512 g/mol. The first kappa shape index (κ1) is 28.2. The number of nitrogens with zero attached hydrogens (tertiary/aromatic N) is 2. The molecule has 0 aliphatic heterocycles. The largest absolute Gasteiger partial charge is 0.481 e. The van der Waals surface area contributed by atoms with Gasteiger partial charge in [-0.15, -0.1) is 0 Å². The first-order valence-electron chi connectivity index (χ1n) is 12.6. The van der Waals surface area contributed by atoms with Crippen molar-refractivity contribution in [2.75, 3.05) is 10.6 Å². The molecule has 4 aromatic rings. The van der Waals surface area contributed by atoms with Crippen LogP contribution in [0.5, 0.6) is 0 Å². The van der Waals surface area contributed by atoms with Gasteiger partial charge in [-0.1, -0.05) is 87.9 Å². The van der Waals surface area contributed by atoms with Gasteiger partial charge in [0.1, 0.15) is 5.82 Å². The molecule has 0 saturated heterocycles. The van der Waals surface area contributed by atoms with Crippen molar-refractivity contribution in [3.63, 3.8) is 0 Å².